The van der Waals surface area contributed by atoms with Gasteiger partial charge in [0.15, 0.2) is 0 Å². The van der Waals surface area contributed by atoms with Gasteiger partial charge in [-0.25, -0.2) is 13.2 Å². The highest BCUT2D eigenvalue weighted by molar-refractivity contribution is 7.89. The van der Waals surface area contributed by atoms with E-state index in [0.29, 0.717) is 28.6 Å². The number of carbonyl (C=O) groups excluding carboxylic acids is 1. The van der Waals surface area contributed by atoms with Crippen LogP contribution in [0.4, 0.5) is 4.79 Å². The number of sulfonamides is 1. The highest BCUT2D eigenvalue weighted by Crippen LogP contribution is 2.35. The van der Waals surface area contributed by atoms with Crippen molar-refractivity contribution in [2.45, 2.75) is 30.3 Å². The minimum Gasteiger partial charge on any atom is -0.467 e. The third-order valence-corrected chi connectivity index (χ3v) is 7.90. The van der Waals surface area contributed by atoms with Crippen molar-refractivity contribution >= 4 is 39.3 Å². The summed E-state index contributed by atoms with van der Waals surface area (Å²) in [4.78, 5) is 12.0. The van der Waals surface area contributed by atoms with Crippen LogP contribution in [0.15, 0.2) is 64.1 Å². The number of halogens is 2. The Hall–Kier alpha value is -3.23. The van der Waals surface area contributed by atoms with Crippen molar-refractivity contribution in [3.63, 3.8) is 0 Å². The number of piperidine rings is 1. The molecule has 2 amide bonds. The summed E-state index contributed by atoms with van der Waals surface area (Å²) in [5, 5.41) is 15.6. The molecule has 9 nitrogen and oxygen atoms in total. The number of hydrogen-bond donors (Lipinski definition) is 2. The predicted molar refractivity (Wildman–Crippen MR) is 134 cm³/mol. The van der Waals surface area contributed by atoms with E-state index in [4.69, 9.17) is 32.4 Å². The lowest BCUT2D eigenvalue weighted by molar-refractivity contribution is 0.226. The fraction of sp³-hybridized carbons (Fsp3) is 0.250. The lowest BCUT2D eigenvalue weighted by atomic mass is 10.1. The zero-order valence-electron chi connectivity index (χ0n) is 18.9. The van der Waals surface area contributed by atoms with E-state index < -0.39 is 10.0 Å². The molecule has 0 atom stereocenters. The van der Waals surface area contributed by atoms with E-state index in [2.05, 4.69) is 10.6 Å². The van der Waals surface area contributed by atoms with Gasteiger partial charge in [0.1, 0.15) is 22.2 Å². The van der Waals surface area contributed by atoms with E-state index >= 15 is 0 Å². The number of ether oxygens (including phenoxy) is 1. The molecule has 1 aromatic heterocycles. The number of nitrogens with one attached hydrogen (secondary N) is 2. The summed E-state index contributed by atoms with van der Waals surface area (Å²) in [5.41, 5.74) is 0.176. The predicted octanol–water partition coefficient (Wildman–Crippen LogP) is 4.90. The van der Waals surface area contributed by atoms with Crippen molar-refractivity contribution < 1.29 is 22.4 Å². The van der Waals surface area contributed by atoms with Crippen LogP contribution in [0, 0.1) is 11.3 Å². The Balaban J connectivity index is 1.44. The van der Waals surface area contributed by atoms with E-state index in [1.54, 1.807) is 12.1 Å². The standard InChI is InChI=1S/C24H22Cl2N4O5S/c25-17-11-18(26)13-21(12-17)35-22-4-3-16(14-27)10-23(22)36(32,33)30-7-5-19(6-8-30)29-24(31)28-15-20-2-1-9-34-20/h1-4,9-13,19H,5-8,15H2,(H2,28,29,31). The molecule has 1 saturated heterocycles. The van der Waals surface area contributed by atoms with Crippen LogP contribution < -0.4 is 15.4 Å². The second-order valence-electron chi connectivity index (χ2n) is 8.07. The number of nitriles is 1. The molecule has 4 rings (SSSR count). The third kappa shape index (κ3) is 6.30. The number of rotatable bonds is 7. The van der Waals surface area contributed by atoms with E-state index in [1.165, 1.54) is 47.0 Å². The van der Waals surface area contributed by atoms with Crippen LogP contribution in [-0.2, 0) is 16.6 Å². The molecule has 1 aliphatic rings. The van der Waals surface area contributed by atoms with E-state index in [-0.39, 0.29) is 53.7 Å². The maximum absolute atomic E-state index is 13.5. The minimum absolute atomic E-state index is 0.0462. The second kappa shape index (κ2) is 11.2. The van der Waals surface area contributed by atoms with Gasteiger partial charge in [-0.1, -0.05) is 23.2 Å². The molecule has 0 unspecified atom stereocenters. The number of benzene rings is 2. The highest BCUT2D eigenvalue weighted by Gasteiger charge is 2.32. The molecule has 0 spiro atoms. The second-order valence-corrected chi connectivity index (χ2v) is 10.8. The molecule has 3 aromatic rings. The molecule has 0 radical (unpaired) electrons. The Kier molecular flexibility index (Phi) is 8.06. The number of urea groups is 1. The number of amides is 2. The van der Waals surface area contributed by atoms with Crippen LogP contribution >= 0.6 is 23.2 Å². The van der Waals surface area contributed by atoms with Crippen LogP contribution in [0.3, 0.4) is 0 Å². The minimum atomic E-state index is -4.01. The summed E-state index contributed by atoms with van der Waals surface area (Å²) in [6.07, 6.45) is 2.37. The van der Waals surface area contributed by atoms with Gasteiger partial charge in [-0.2, -0.15) is 9.57 Å². The van der Waals surface area contributed by atoms with Gasteiger partial charge < -0.3 is 19.8 Å². The zero-order valence-corrected chi connectivity index (χ0v) is 21.2. The SMILES string of the molecule is N#Cc1ccc(Oc2cc(Cl)cc(Cl)c2)c(S(=O)(=O)N2CCC(NC(=O)NCc3ccco3)CC2)c1. The first-order valence-corrected chi connectivity index (χ1v) is 13.2. The summed E-state index contributed by atoms with van der Waals surface area (Å²) in [5.74, 6) is 0.936. The van der Waals surface area contributed by atoms with E-state index in [1.807, 2.05) is 6.07 Å². The Labute approximate surface area is 218 Å². The number of furan rings is 1. The summed E-state index contributed by atoms with van der Waals surface area (Å²) in [6, 6.07) is 13.6. The van der Waals surface area contributed by atoms with Crippen LogP contribution in [0.2, 0.25) is 10.0 Å². The molecular weight excluding hydrogens is 527 g/mol. The Morgan fingerprint density at radius 1 is 1.14 bits per heavy atom. The van der Waals surface area contributed by atoms with E-state index in [9.17, 15) is 18.5 Å². The smallest absolute Gasteiger partial charge is 0.315 e. The van der Waals surface area contributed by atoms with Gasteiger partial charge in [-0.05, 0) is 61.4 Å². The Bertz CT molecular complexity index is 1360. The summed E-state index contributed by atoms with van der Waals surface area (Å²) >= 11 is 12.1. The van der Waals surface area contributed by atoms with Crippen LogP contribution in [0.1, 0.15) is 24.2 Å². The molecule has 12 heteroatoms. The number of nitrogens with zero attached hydrogens (tertiary/aromatic N) is 2. The largest absolute Gasteiger partial charge is 0.467 e. The summed E-state index contributed by atoms with van der Waals surface area (Å²) < 4.78 is 39.4. The molecule has 0 aliphatic carbocycles. The topological polar surface area (TPSA) is 125 Å². The van der Waals surface area contributed by atoms with Crippen LogP contribution in [0.5, 0.6) is 11.5 Å². The van der Waals surface area contributed by atoms with Crippen molar-refractivity contribution in [2.24, 2.45) is 0 Å². The van der Waals surface area contributed by atoms with Crippen molar-refractivity contribution in [3.05, 3.63) is 76.2 Å². The number of hydrogen-bond acceptors (Lipinski definition) is 6. The summed E-state index contributed by atoms with van der Waals surface area (Å²) in [6.45, 7) is 0.622. The van der Waals surface area contributed by atoms with Crippen molar-refractivity contribution in [2.75, 3.05) is 13.1 Å². The first kappa shape index (κ1) is 25.9. The first-order chi connectivity index (χ1) is 17.2. The fourth-order valence-corrected chi connectivity index (χ4v) is 5.89. The van der Waals surface area contributed by atoms with Gasteiger partial charge in [0.25, 0.3) is 0 Å². The third-order valence-electron chi connectivity index (χ3n) is 5.55. The monoisotopic (exact) mass is 548 g/mol. The van der Waals surface area contributed by atoms with Gasteiger partial charge in [-0.15, -0.1) is 0 Å². The van der Waals surface area contributed by atoms with Crippen molar-refractivity contribution in [3.8, 4) is 17.6 Å². The molecule has 0 saturated carbocycles. The lowest BCUT2D eigenvalue weighted by Crippen LogP contribution is -2.48. The van der Waals surface area contributed by atoms with Gasteiger partial charge in [0, 0.05) is 29.2 Å². The molecule has 2 heterocycles. The van der Waals surface area contributed by atoms with Gasteiger partial charge in [0.05, 0.1) is 24.4 Å². The number of carbonyl (C=O) groups is 1. The normalized spacial score (nSPS) is 14.7. The quantitative estimate of drug-likeness (QED) is 0.432. The molecule has 0 bridgehead atoms. The highest BCUT2D eigenvalue weighted by atomic mass is 35.5. The van der Waals surface area contributed by atoms with Gasteiger partial charge in [-0.3, -0.25) is 0 Å². The van der Waals surface area contributed by atoms with E-state index in [0.717, 1.165) is 0 Å². The van der Waals surface area contributed by atoms with Crippen LogP contribution in [-0.4, -0.2) is 37.9 Å². The maximum Gasteiger partial charge on any atom is 0.315 e. The molecule has 2 aromatic carbocycles. The Morgan fingerprint density at radius 3 is 2.50 bits per heavy atom. The zero-order chi connectivity index (χ0) is 25.7. The average Bonchev–Trinajstić information content (AvgIpc) is 3.36. The molecule has 36 heavy (non-hydrogen) atoms. The van der Waals surface area contributed by atoms with Gasteiger partial charge >= 0.3 is 6.03 Å². The lowest BCUT2D eigenvalue weighted by Gasteiger charge is -2.32. The Morgan fingerprint density at radius 2 is 1.86 bits per heavy atom. The van der Waals surface area contributed by atoms with Crippen molar-refractivity contribution in [1.82, 2.24) is 14.9 Å². The molecule has 1 fully saturated rings. The molecular formula is C24H22Cl2N4O5S. The average molecular weight is 549 g/mol. The van der Waals surface area contributed by atoms with Crippen molar-refractivity contribution in [1.29, 1.82) is 5.26 Å². The molecule has 188 valence electrons. The maximum atomic E-state index is 13.5. The van der Waals surface area contributed by atoms with Crippen LogP contribution in [0.25, 0.3) is 0 Å². The first-order valence-electron chi connectivity index (χ1n) is 11.0. The van der Waals surface area contributed by atoms with Gasteiger partial charge in [0.2, 0.25) is 10.0 Å². The molecule has 1 aliphatic heterocycles. The fourth-order valence-electron chi connectivity index (χ4n) is 3.77. The summed E-state index contributed by atoms with van der Waals surface area (Å²) in [7, 11) is -4.01. The molecule has 2 N–H and O–H groups in total.